The van der Waals surface area contributed by atoms with Crippen LogP contribution in [0, 0.1) is 17.5 Å². The quantitative estimate of drug-likeness (QED) is 0.559. The van der Waals surface area contributed by atoms with Crippen LogP contribution in [-0.4, -0.2) is 5.97 Å². The van der Waals surface area contributed by atoms with Crippen LogP contribution in [0.25, 0.3) is 6.08 Å². The Bertz CT molecular complexity index is 521. The summed E-state index contributed by atoms with van der Waals surface area (Å²) >= 11 is 0. The minimum atomic E-state index is -1.46. The fourth-order valence-corrected chi connectivity index (χ4v) is 1.79. The Hall–Kier alpha value is -1.78. The van der Waals surface area contributed by atoms with Gasteiger partial charge < -0.3 is 4.74 Å². The number of hydrogen-bond donors (Lipinski definition) is 0. The molecule has 0 saturated carbocycles. The number of carbonyl (C=O) groups is 1. The van der Waals surface area contributed by atoms with Crippen LogP contribution in [0.2, 0.25) is 0 Å². The molecule has 2 rings (SSSR count). The number of hydrogen-bond acceptors (Lipinski definition) is 2. The number of esters is 1. The molecule has 0 saturated heterocycles. The van der Waals surface area contributed by atoms with E-state index in [4.69, 9.17) is 4.74 Å². The molecule has 90 valence electrons. The van der Waals surface area contributed by atoms with Gasteiger partial charge in [0, 0.05) is 13.3 Å². The summed E-state index contributed by atoms with van der Waals surface area (Å²) in [5.41, 5.74) is 0.323. The van der Waals surface area contributed by atoms with E-state index < -0.39 is 23.4 Å². The van der Waals surface area contributed by atoms with Crippen molar-refractivity contribution < 1.29 is 22.7 Å². The lowest BCUT2D eigenvalue weighted by Gasteiger charge is -2.16. The molecule has 1 aromatic rings. The van der Waals surface area contributed by atoms with Gasteiger partial charge in [-0.1, -0.05) is 0 Å². The molecule has 0 amide bonds. The minimum Gasteiger partial charge on any atom is -0.431 e. The van der Waals surface area contributed by atoms with E-state index in [-0.39, 0.29) is 24.0 Å². The molecular weight excluding hydrogens is 233 g/mol. The Morgan fingerprint density at radius 3 is 2.59 bits per heavy atom. The van der Waals surface area contributed by atoms with E-state index in [9.17, 15) is 18.0 Å². The third-order valence-corrected chi connectivity index (χ3v) is 2.51. The predicted octanol–water partition coefficient (Wildman–Crippen LogP) is 2.95. The highest BCUT2D eigenvalue weighted by atomic mass is 19.2. The third kappa shape index (κ3) is 2.18. The zero-order valence-electron chi connectivity index (χ0n) is 9.02. The predicted molar refractivity (Wildman–Crippen MR) is 54.4 cm³/mol. The highest BCUT2D eigenvalue weighted by molar-refractivity contribution is 5.69. The number of benzene rings is 1. The zero-order valence-corrected chi connectivity index (χ0v) is 9.02. The monoisotopic (exact) mass is 242 g/mol. The van der Waals surface area contributed by atoms with Gasteiger partial charge in [-0.15, -0.1) is 0 Å². The van der Waals surface area contributed by atoms with E-state index in [0.717, 1.165) is 6.07 Å². The third-order valence-electron chi connectivity index (χ3n) is 2.51. The number of halogens is 3. The molecule has 0 aliphatic heterocycles. The normalized spacial score (nSPS) is 14.0. The largest absolute Gasteiger partial charge is 0.431 e. The first-order valence-electron chi connectivity index (χ1n) is 5.04. The Balaban J connectivity index is 2.45. The van der Waals surface area contributed by atoms with Gasteiger partial charge in [-0.05, 0) is 29.7 Å². The van der Waals surface area contributed by atoms with Gasteiger partial charge in [-0.2, -0.15) is 0 Å². The average Bonchev–Trinajstić information content (AvgIpc) is 2.25. The molecule has 0 spiro atoms. The smallest absolute Gasteiger partial charge is 0.307 e. The Morgan fingerprint density at radius 1 is 1.24 bits per heavy atom. The molecule has 1 aliphatic rings. The van der Waals surface area contributed by atoms with Crippen molar-refractivity contribution in [2.45, 2.75) is 19.8 Å². The summed E-state index contributed by atoms with van der Waals surface area (Å²) in [5, 5.41) is 0. The van der Waals surface area contributed by atoms with Crippen molar-refractivity contribution >= 4 is 12.0 Å². The molecule has 0 radical (unpaired) electrons. The van der Waals surface area contributed by atoms with Crippen molar-refractivity contribution in [2.75, 3.05) is 0 Å². The van der Waals surface area contributed by atoms with Crippen LogP contribution in [0.5, 0.6) is 0 Å². The van der Waals surface area contributed by atoms with Crippen LogP contribution in [-0.2, 0) is 16.0 Å². The molecule has 2 nitrogen and oxygen atoms in total. The molecule has 0 unspecified atom stereocenters. The molecule has 0 atom stereocenters. The first-order chi connectivity index (χ1) is 7.99. The van der Waals surface area contributed by atoms with E-state index in [1.807, 2.05) is 0 Å². The van der Waals surface area contributed by atoms with Gasteiger partial charge in [-0.25, -0.2) is 13.2 Å². The van der Waals surface area contributed by atoms with E-state index >= 15 is 0 Å². The standard InChI is InChI=1S/C12H9F3O2/c1-6(16)17-8-2-3-9-7(4-8)5-10(13)12(15)11(9)14/h4-5H,2-3H2,1H3. The average molecular weight is 242 g/mol. The van der Waals surface area contributed by atoms with Crippen LogP contribution in [0.3, 0.4) is 0 Å². The molecule has 1 aliphatic carbocycles. The Morgan fingerprint density at radius 2 is 1.94 bits per heavy atom. The summed E-state index contributed by atoms with van der Waals surface area (Å²) in [6.45, 7) is 1.24. The number of rotatable bonds is 1. The highest BCUT2D eigenvalue weighted by Gasteiger charge is 2.21. The fraction of sp³-hybridized carbons (Fsp3) is 0.250. The fourth-order valence-electron chi connectivity index (χ4n) is 1.79. The molecule has 0 bridgehead atoms. The molecule has 0 aromatic heterocycles. The van der Waals surface area contributed by atoms with Crippen LogP contribution in [0.1, 0.15) is 24.5 Å². The maximum Gasteiger partial charge on any atom is 0.307 e. The van der Waals surface area contributed by atoms with Crippen molar-refractivity contribution in [1.29, 1.82) is 0 Å². The summed E-state index contributed by atoms with van der Waals surface area (Å²) in [4.78, 5) is 10.7. The molecular formula is C12H9F3O2. The minimum absolute atomic E-state index is 0.111. The van der Waals surface area contributed by atoms with Gasteiger partial charge in [0.05, 0.1) is 0 Å². The molecule has 5 heteroatoms. The maximum atomic E-state index is 13.4. The van der Waals surface area contributed by atoms with E-state index in [0.29, 0.717) is 5.76 Å². The molecule has 0 heterocycles. The second-order valence-electron chi connectivity index (χ2n) is 3.76. The Kier molecular flexibility index (Phi) is 2.92. The zero-order chi connectivity index (χ0) is 12.6. The second kappa shape index (κ2) is 4.24. The van der Waals surface area contributed by atoms with Crippen molar-refractivity contribution in [3.8, 4) is 0 Å². The topological polar surface area (TPSA) is 26.3 Å². The lowest BCUT2D eigenvalue weighted by Crippen LogP contribution is -2.09. The van der Waals surface area contributed by atoms with E-state index in [1.165, 1.54) is 13.0 Å². The van der Waals surface area contributed by atoms with Crippen molar-refractivity contribution in [3.05, 3.63) is 40.4 Å². The second-order valence-corrected chi connectivity index (χ2v) is 3.76. The maximum absolute atomic E-state index is 13.4. The number of fused-ring (bicyclic) bond motifs is 1. The lowest BCUT2D eigenvalue weighted by atomic mass is 9.95. The molecule has 1 aromatic carbocycles. The van der Waals surface area contributed by atoms with Crippen molar-refractivity contribution in [3.63, 3.8) is 0 Å². The van der Waals surface area contributed by atoms with Gasteiger partial charge in [0.1, 0.15) is 5.76 Å². The molecule has 0 N–H and O–H groups in total. The van der Waals surface area contributed by atoms with Gasteiger partial charge in [0.25, 0.3) is 0 Å². The van der Waals surface area contributed by atoms with Crippen LogP contribution >= 0.6 is 0 Å². The van der Waals surface area contributed by atoms with Gasteiger partial charge in [0.15, 0.2) is 17.5 Å². The van der Waals surface area contributed by atoms with Crippen molar-refractivity contribution in [2.24, 2.45) is 0 Å². The summed E-state index contributed by atoms with van der Waals surface area (Å²) < 4.78 is 44.2. The summed E-state index contributed by atoms with van der Waals surface area (Å²) in [5.74, 6) is -4.05. The number of ether oxygens (including phenoxy) is 1. The van der Waals surface area contributed by atoms with Crippen LogP contribution in [0.4, 0.5) is 13.2 Å². The van der Waals surface area contributed by atoms with Crippen LogP contribution in [0.15, 0.2) is 11.8 Å². The lowest BCUT2D eigenvalue weighted by molar-refractivity contribution is -0.136. The van der Waals surface area contributed by atoms with Gasteiger partial charge >= 0.3 is 5.97 Å². The summed E-state index contributed by atoms with van der Waals surface area (Å²) in [6, 6.07) is 0.899. The SMILES string of the molecule is CC(=O)OC1=Cc2cc(F)c(F)c(F)c2CC1. The van der Waals surface area contributed by atoms with Gasteiger partial charge in [0.2, 0.25) is 0 Å². The number of carbonyl (C=O) groups excluding carboxylic acids is 1. The van der Waals surface area contributed by atoms with E-state index in [1.54, 1.807) is 0 Å². The molecule has 0 fully saturated rings. The van der Waals surface area contributed by atoms with E-state index in [2.05, 4.69) is 0 Å². The van der Waals surface area contributed by atoms with Gasteiger partial charge in [-0.3, -0.25) is 4.79 Å². The summed E-state index contributed by atoms with van der Waals surface area (Å²) in [6.07, 6.45) is 1.82. The first kappa shape index (κ1) is 11.7. The highest BCUT2D eigenvalue weighted by Crippen LogP contribution is 2.29. The summed E-state index contributed by atoms with van der Waals surface area (Å²) in [7, 11) is 0. The first-order valence-corrected chi connectivity index (χ1v) is 5.04. The molecule has 17 heavy (non-hydrogen) atoms. The van der Waals surface area contributed by atoms with Crippen molar-refractivity contribution in [1.82, 2.24) is 0 Å². The Labute approximate surface area is 95.7 Å². The number of allylic oxidation sites excluding steroid dienone is 1. The van der Waals surface area contributed by atoms with Crippen LogP contribution < -0.4 is 0 Å².